The highest BCUT2D eigenvalue weighted by molar-refractivity contribution is 7.92. The molecule has 0 aliphatic carbocycles. The van der Waals surface area contributed by atoms with Crippen molar-refractivity contribution in [3.05, 3.63) is 78.4 Å². The van der Waals surface area contributed by atoms with Crippen molar-refractivity contribution < 1.29 is 22.7 Å². The summed E-state index contributed by atoms with van der Waals surface area (Å²) in [6.45, 7) is 3.11. The number of methoxy groups -OCH3 is 1. The van der Waals surface area contributed by atoms with Gasteiger partial charge in [-0.15, -0.1) is 0 Å². The summed E-state index contributed by atoms with van der Waals surface area (Å²) in [4.78, 5) is 20.2. The molecule has 1 aliphatic heterocycles. The van der Waals surface area contributed by atoms with Crippen molar-refractivity contribution in [2.75, 3.05) is 36.0 Å². The topological polar surface area (TPSA) is 89.0 Å². The number of para-hydroxylation sites is 1. The zero-order valence-corrected chi connectivity index (χ0v) is 22.9. The Balaban J connectivity index is 1.45. The summed E-state index contributed by atoms with van der Waals surface area (Å²) >= 11 is 1.41. The molecule has 0 saturated carbocycles. The van der Waals surface area contributed by atoms with Gasteiger partial charge >= 0.3 is 0 Å². The lowest BCUT2D eigenvalue weighted by atomic mass is 10.2. The number of anilines is 2. The summed E-state index contributed by atoms with van der Waals surface area (Å²) in [7, 11) is -2.18. The molecule has 1 atom stereocenters. The first-order chi connectivity index (χ1) is 18.4. The number of carbonyl (C=O) groups is 1. The van der Waals surface area contributed by atoms with E-state index in [1.807, 2.05) is 24.3 Å². The first kappa shape index (κ1) is 26.1. The molecule has 1 unspecified atom stereocenters. The quantitative estimate of drug-likeness (QED) is 0.279. The minimum atomic E-state index is -3.80. The number of carbonyl (C=O) groups excluding carboxylic acids is 1. The van der Waals surface area contributed by atoms with Crippen LogP contribution in [0.1, 0.15) is 30.1 Å². The Morgan fingerprint density at radius 3 is 2.53 bits per heavy atom. The van der Waals surface area contributed by atoms with Crippen LogP contribution in [0.25, 0.3) is 10.2 Å². The van der Waals surface area contributed by atoms with Gasteiger partial charge in [0.2, 0.25) is 0 Å². The standard InChI is InChI=1S/C28H29N3O5S2/c1-3-31(21-8-5-4-6-9-21)38(33,34)24-14-11-20(12-15-24)27(32)30(19-23-10-7-17-36-23)28-29-25-16-13-22(35-2)18-26(25)37-28/h4-6,8-9,11-16,18,23H,3,7,10,17,19H2,1-2H3. The van der Waals surface area contributed by atoms with E-state index in [2.05, 4.69) is 0 Å². The van der Waals surface area contributed by atoms with Gasteiger partial charge in [0.25, 0.3) is 15.9 Å². The molecule has 1 aliphatic rings. The van der Waals surface area contributed by atoms with E-state index in [1.165, 1.54) is 27.8 Å². The highest BCUT2D eigenvalue weighted by atomic mass is 32.2. The Morgan fingerprint density at radius 2 is 1.87 bits per heavy atom. The maximum Gasteiger partial charge on any atom is 0.264 e. The van der Waals surface area contributed by atoms with Gasteiger partial charge in [-0.05, 0) is 74.4 Å². The zero-order chi connectivity index (χ0) is 26.7. The fraction of sp³-hybridized carbons (Fsp3) is 0.286. The van der Waals surface area contributed by atoms with Crippen LogP contribution in [0.5, 0.6) is 5.75 Å². The molecule has 1 saturated heterocycles. The molecule has 4 aromatic rings. The third kappa shape index (κ3) is 5.24. The van der Waals surface area contributed by atoms with Crippen molar-refractivity contribution in [1.29, 1.82) is 0 Å². The lowest BCUT2D eigenvalue weighted by molar-refractivity contribution is 0.0917. The number of thiazole rings is 1. The largest absolute Gasteiger partial charge is 0.497 e. The normalized spacial score (nSPS) is 15.5. The average molecular weight is 552 g/mol. The fourth-order valence-corrected chi connectivity index (χ4v) is 6.99. The third-order valence-corrected chi connectivity index (χ3v) is 9.45. The molecule has 1 fully saturated rings. The Labute approximate surface area is 226 Å². The van der Waals surface area contributed by atoms with Crippen LogP contribution in [0, 0.1) is 0 Å². The van der Waals surface area contributed by atoms with Crippen LogP contribution in [-0.2, 0) is 14.8 Å². The summed E-state index contributed by atoms with van der Waals surface area (Å²) in [6.07, 6.45) is 1.74. The predicted octanol–water partition coefficient (Wildman–Crippen LogP) is 5.35. The zero-order valence-electron chi connectivity index (χ0n) is 21.2. The maximum absolute atomic E-state index is 13.8. The number of amides is 1. The van der Waals surface area contributed by atoms with Crippen LogP contribution in [0.2, 0.25) is 0 Å². The van der Waals surface area contributed by atoms with Gasteiger partial charge in [-0.1, -0.05) is 29.5 Å². The number of hydrogen-bond acceptors (Lipinski definition) is 7. The van der Waals surface area contributed by atoms with E-state index in [0.717, 1.165) is 28.8 Å². The van der Waals surface area contributed by atoms with E-state index in [9.17, 15) is 13.2 Å². The number of ether oxygens (including phenoxy) is 2. The molecule has 3 aromatic carbocycles. The van der Waals surface area contributed by atoms with Crippen molar-refractivity contribution in [1.82, 2.24) is 4.98 Å². The van der Waals surface area contributed by atoms with Gasteiger partial charge in [0.15, 0.2) is 5.13 Å². The van der Waals surface area contributed by atoms with E-state index in [4.69, 9.17) is 14.5 Å². The second-order valence-electron chi connectivity index (χ2n) is 8.91. The van der Waals surface area contributed by atoms with Gasteiger partial charge in [-0.3, -0.25) is 14.0 Å². The third-order valence-electron chi connectivity index (χ3n) is 6.49. The first-order valence-corrected chi connectivity index (χ1v) is 14.7. The number of nitrogens with zero attached hydrogens (tertiary/aromatic N) is 3. The van der Waals surface area contributed by atoms with Crippen molar-refractivity contribution in [3.8, 4) is 5.75 Å². The SMILES string of the molecule is CCN(c1ccccc1)S(=O)(=O)c1ccc(C(=O)N(CC2CCCO2)c2nc3ccc(OC)cc3s2)cc1. The predicted molar refractivity (Wildman–Crippen MR) is 150 cm³/mol. The van der Waals surface area contributed by atoms with Gasteiger partial charge < -0.3 is 9.47 Å². The molecule has 198 valence electrons. The number of sulfonamides is 1. The average Bonchev–Trinajstić information content (AvgIpc) is 3.61. The van der Waals surface area contributed by atoms with Gasteiger partial charge in [-0.25, -0.2) is 13.4 Å². The smallest absolute Gasteiger partial charge is 0.264 e. The van der Waals surface area contributed by atoms with Crippen molar-refractivity contribution in [3.63, 3.8) is 0 Å². The molecule has 10 heteroatoms. The minimum absolute atomic E-state index is 0.0795. The number of fused-ring (bicyclic) bond motifs is 1. The van der Waals surface area contributed by atoms with Crippen LogP contribution >= 0.6 is 11.3 Å². The van der Waals surface area contributed by atoms with E-state index >= 15 is 0 Å². The molecule has 38 heavy (non-hydrogen) atoms. The molecule has 8 nitrogen and oxygen atoms in total. The Kier molecular flexibility index (Phi) is 7.64. The molecule has 0 spiro atoms. The highest BCUT2D eigenvalue weighted by Crippen LogP contribution is 2.33. The van der Waals surface area contributed by atoms with Gasteiger partial charge in [0.05, 0.1) is 40.6 Å². The van der Waals surface area contributed by atoms with Crippen molar-refractivity contribution in [2.24, 2.45) is 0 Å². The molecule has 1 amide bonds. The number of benzene rings is 3. The molecule has 1 aromatic heterocycles. The van der Waals surface area contributed by atoms with Crippen LogP contribution in [0.15, 0.2) is 77.7 Å². The monoisotopic (exact) mass is 551 g/mol. The van der Waals surface area contributed by atoms with Crippen molar-refractivity contribution in [2.45, 2.75) is 30.8 Å². The number of aromatic nitrogens is 1. The summed E-state index contributed by atoms with van der Waals surface area (Å²) < 4.78 is 40.2. The highest BCUT2D eigenvalue weighted by Gasteiger charge is 2.28. The lowest BCUT2D eigenvalue weighted by Gasteiger charge is -2.24. The van der Waals surface area contributed by atoms with Crippen molar-refractivity contribution >= 4 is 48.3 Å². The number of rotatable bonds is 9. The molecule has 0 N–H and O–H groups in total. The Hall–Kier alpha value is -3.47. The summed E-state index contributed by atoms with van der Waals surface area (Å²) in [5.41, 5.74) is 1.74. The van der Waals surface area contributed by atoms with E-state index < -0.39 is 10.0 Å². The van der Waals surface area contributed by atoms with Gasteiger partial charge in [-0.2, -0.15) is 0 Å². The Morgan fingerprint density at radius 1 is 1.11 bits per heavy atom. The van der Waals surface area contributed by atoms with Gasteiger partial charge in [0, 0.05) is 18.7 Å². The van der Waals surface area contributed by atoms with Crippen LogP contribution in [0.4, 0.5) is 10.8 Å². The van der Waals surface area contributed by atoms with Gasteiger partial charge in [0.1, 0.15) is 5.75 Å². The molecule has 5 rings (SSSR count). The summed E-state index contributed by atoms with van der Waals surface area (Å²) in [6, 6.07) is 20.7. The van der Waals surface area contributed by atoms with Crippen LogP contribution in [-0.4, -0.2) is 52.2 Å². The van der Waals surface area contributed by atoms with E-state index in [0.29, 0.717) is 29.5 Å². The second kappa shape index (κ2) is 11.1. The summed E-state index contributed by atoms with van der Waals surface area (Å²) in [5, 5.41) is 0.562. The fourth-order valence-electron chi connectivity index (χ4n) is 4.51. The molecular weight excluding hydrogens is 522 g/mol. The molecule has 0 bridgehead atoms. The number of hydrogen-bond donors (Lipinski definition) is 0. The Bertz CT molecular complexity index is 1520. The van der Waals surface area contributed by atoms with E-state index in [-0.39, 0.29) is 23.5 Å². The maximum atomic E-state index is 13.8. The van der Waals surface area contributed by atoms with Crippen LogP contribution in [0.3, 0.4) is 0 Å². The second-order valence-corrected chi connectivity index (χ2v) is 11.8. The molecule has 2 heterocycles. The van der Waals surface area contributed by atoms with E-state index in [1.54, 1.807) is 55.3 Å². The summed E-state index contributed by atoms with van der Waals surface area (Å²) in [5.74, 6) is 0.462. The molecule has 0 radical (unpaired) electrons. The molecular formula is C28H29N3O5S2. The minimum Gasteiger partial charge on any atom is -0.497 e. The first-order valence-electron chi connectivity index (χ1n) is 12.5. The lowest BCUT2D eigenvalue weighted by Crippen LogP contribution is -2.37. The van der Waals surface area contributed by atoms with Crippen LogP contribution < -0.4 is 13.9 Å².